The van der Waals surface area contributed by atoms with Gasteiger partial charge in [-0.3, -0.25) is 0 Å². The number of nitrogens with zero attached hydrogens (tertiary/aromatic N) is 1. The summed E-state index contributed by atoms with van der Waals surface area (Å²) in [6.07, 6.45) is -0.488. The Hall–Kier alpha value is -0.580. The summed E-state index contributed by atoms with van der Waals surface area (Å²) in [4.78, 5) is 2.11. The lowest BCUT2D eigenvalue weighted by molar-refractivity contribution is 0.0876. The molecular weight excluding hydrogens is 294 g/mol. The summed E-state index contributed by atoms with van der Waals surface area (Å²) in [6, 6.07) is 5.87. The first-order chi connectivity index (χ1) is 8.24. The molecule has 3 nitrogen and oxygen atoms in total. The van der Waals surface area contributed by atoms with E-state index in [1.807, 2.05) is 18.2 Å². The Morgan fingerprint density at radius 3 is 2.39 bits per heavy atom. The molecule has 0 unspecified atom stereocenters. The lowest BCUT2D eigenvalue weighted by Gasteiger charge is -2.30. The van der Waals surface area contributed by atoms with Crippen molar-refractivity contribution >= 4 is 21.6 Å². The molecule has 1 rings (SSSR count). The minimum absolute atomic E-state index is 0.488. The zero-order valence-corrected chi connectivity index (χ0v) is 13.0. The molecule has 0 bridgehead atoms. The average molecular weight is 316 g/mol. The lowest BCUT2D eigenvalue weighted by Crippen LogP contribution is -2.38. The van der Waals surface area contributed by atoms with E-state index in [0.29, 0.717) is 6.54 Å². The highest BCUT2D eigenvalue weighted by atomic mass is 79.9. The van der Waals surface area contributed by atoms with E-state index >= 15 is 0 Å². The second kappa shape index (κ2) is 6.04. The molecule has 0 spiro atoms. The van der Waals surface area contributed by atoms with Crippen LogP contribution in [-0.4, -0.2) is 28.9 Å². The van der Waals surface area contributed by atoms with Crippen LogP contribution in [0.15, 0.2) is 22.7 Å². The Balaban J connectivity index is 2.98. The molecule has 0 saturated carbocycles. The first kappa shape index (κ1) is 15.5. The molecule has 0 amide bonds. The van der Waals surface area contributed by atoms with Gasteiger partial charge in [-0.15, -0.1) is 0 Å². The summed E-state index contributed by atoms with van der Waals surface area (Å²) in [7, 11) is 0. The van der Waals surface area contributed by atoms with Gasteiger partial charge in [-0.1, -0.05) is 22.0 Å². The van der Waals surface area contributed by atoms with Crippen molar-refractivity contribution in [2.24, 2.45) is 0 Å². The number of halogens is 1. The second-order valence-electron chi connectivity index (χ2n) is 5.21. The maximum Gasteiger partial charge on any atom is 0.0772 e. The van der Waals surface area contributed by atoms with Gasteiger partial charge in [-0.05, 0) is 45.4 Å². The van der Waals surface area contributed by atoms with Crippen molar-refractivity contribution in [3.8, 4) is 0 Å². The van der Waals surface area contributed by atoms with Gasteiger partial charge < -0.3 is 15.1 Å². The van der Waals surface area contributed by atoms with Crippen molar-refractivity contribution in [3.05, 3.63) is 28.2 Å². The van der Waals surface area contributed by atoms with Crippen LogP contribution >= 0.6 is 15.9 Å². The molecule has 0 radical (unpaired) electrons. The quantitative estimate of drug-likeness (QED) is 0.877. The zero-order chi connectivity index (χ0) is 13.9. The van der Waals surface area contributed by atoms with Crippen LogP contribution < -0.4 is 4.90 Å². The molecule has 0 aromatic heterocycles. The molecular formula is C14H22BrNO2. The van der Waals surface area contributed by atoms with Crippen molar-refractivity contribution < 1.29 is 10.2 Å². The standard InChI is InChI=1S/C14H22BrNO2/c1-5-16(9-14(3,4)18)11-6-7-12(10(2)17)13(15)8-11/h6-8,10,17-18H,5,9H2,1-4H3/t10-/m1/s1. The van der Waals surface area contributed by atoms with Crippen LogP contribution in [0.5, 0.6) is 0 Å². The van der Waals surface area contributed by atoms with E-state index in [-0.39, 0.29) is 0 Å². The van der Waals surface area contributed by atoms with Crippen molar-refractivity contribution in [2.75, 3.05) is 18.0 Å². The zero-order valence-electron chi connectivity index (χ0n) is 11.4. The Morgan fingerprint density at radius 2 is 2.00 bits per heavy atom. The first-order valence-electron chi connectivity index (χ1n) is 6.19. The largest absolute Gasteiger partial charge is 0.389 e. The van der Waals surface area contributed by atoms with Gasteiger partial charge in [0.05, 0.1) is 11.7 Å². The van der Waals surface area contributed by atoms with E-state index in [4.69, 9.17) is 0 Å². The number of rotatable bonds is 5. The van der Waals surface area contributed by atoms with Crippen molar-refractivity contribution in [2.45, 2.75) is 39.4 Å². The SMILES string of the molecule is CCN(CC(C)(C)O)c1ccc([C@@H](C)O)c(Br)c1. The van der Waals surface area contributed by atoms with Gasteiger partial charge in [0.2, 0.25) is 0 Å². The van der Waals surface area contributed by atoms with Crippen LogP contribution in [0.1, 0.15) is 39.4 Å². The summed E-state index contributed by atoms with van der Waals surface area (Å²) in [5.74, 6) is 0. The normalized spacial score (nSPS) is 13.5. The molecule has 1 aromatic rings. The van der Waals surface area contributed by atoms with Crippen LogP contribution in [0.25, 0.3) is 0 Å². The van der Waals surface area contributed by atoms with Crippen molar-refractivity contribution in [3.63, 3.8) is 0 Å². The molecule has 18 heavy (non-hydrogen) atoms. The summed E-state index contributed by atoms with van der Waals surface area (Å²) >= 11 is 3.48. The molecule has 0 heterocycles. The second-order valence-corrected chi connectivity index (χ2v) is 6.06. The first-order valence-corrected chi connectivity index (χ1v) is 6.98. The van der Waals surface area contributed by atoms with Gasteiger partial charge in [0.1, 0.15) is 0 Å². The molecule has 0 aliphatic rings. The van der Waals surface area contributed by atoms with Crippen LogP contribution in [0.2, 0.25) is 0 Å². The maximum atomic E-state index is 9.90. The number of hydrogen-bond donors (Lipinski definition) is 2. The van der Waals surface area contributed by atoms with Crippen LogP contribution in [0.3, 0.4) is 0 Å². The molecule has 0 aliphatic heterocycles. The average Bonchev–Trinajstić information content (AvgIpc) is 2.24. The number of benzene rings is 1. The molecule has 1 aromatic carbocycles. The molecule has 2 N–H and O–H groups in total. The number of anilines is 1. The number of likely N-dealkylation sites (N-methyl/N-ethyl adjacent to an activating group) is 1. The number of hydrogen-bond acceptors (Lipinski definition) is 3. The van der Waals surface area contributed by atoms with E-state index in [2.05, 4.69) is 27.8 Å². The number of aliphatic hydroxyl groups is 2. The summed E-state index contributed by atoms with van der Waals surface area (Å²) < 4.78 is 0.893. The topological polar surface area (TPSA) is 43.7 Å². The van der Waals surface area contributed by atoms with Gasteiger partial charge in [-0.25, -0.2) is 0 Å². The number of aliphatic hydroxyl groups excluding tert-OH is 1. The molecule has 0 fully saturated rings. The smallest absolute Gasteiger partial charge is 0.0772 e. The Bertz CT molecular complexity index is 399. The third-order valence-corrected chi connectivity index (χ3v) is 3.45. The Morgan fingerprint density at radius 1 is 1.39 bits per heavy atom. The predicted molar refractivity (Wildman–Crippen MR) is 79.0 cm³/mol. The third-order valence-electron chi connectivity index (χ3n) is 2.76. The summed E-state index contributed by atoms with van der Waals surface area (Å²) in [5, 5.41) is 19.5. The molecule has 102 valence electrons. The minimum Gasteiger partial charge on any atom is -0.389 e. The Labute approximate surface area is 118 Å². The maximum absolute atomic E-state index is 9.90. The van der Waals surface area contributed by atoms with E-state index in [1.54, 1.807) is 20.8 Å². The van der Waals surface area contributed by atoms with E-state index in [9.17, 15) is 10.2 Å². The molecule has 4 heteroatoms. The highest BCUT2D eigenvalue weighted by Gasteiger charge is 2.18. The lowest BCUT2D eigenvalue weighted by atomic mass is 10.1. The van der Waals surface area contributed by atoms with Crippen LogP contribution in [-0.2, 0) is 0 Å². The van der Waals surface area contributed by atoms with E-state index in [0.717, 1.165) is 22.3 Å². The van der Waals surface area contributed by atoms with Crippen molar-refractivity contribution in [1.29, 1.82) is 0 Å². The summed E-state index contributed by atoms with van der Waals surface area (Å²) in [5.41, 5.74) is 1.18. The van der Waals surface area contributed by atoms with Gasteiger partial charge in [0.15, 0.2) is 0 Å². The molecule has 0 aliphatic carbocycles. The third kappa shape index (κ3) is 4.26. The fourth-order valence-electron chi connectivity index (χ4n) is 1.90. The molecule has 0 saturated heterocycles. The van der Waals surface area contributed by atoms with E-state index in [1.165, 1.54) is 0 Å². The fourth-order valence-corrected chi connectivity index (χ4v) is 2.60. The van der Waals surface area contributed by atoms with E-state index < -0.39 is 11.7 Å². The van der Waals surface area contributed by atoms with Gasteiger partial charge in [0, 0.05) is 23.2 Å². The predicted octanol–water partition coefficient (Wildman–Crippen LogP) is 3.10. The monoisotopic (exact) mass is 315 g/mol. The van der Waals surface area contributed by atoms with Crippen LogP contribution in [0, 0.1) is 0 Å². The highest BCUT2D eigenvalue weighted by molar-refractivity contribution is 9.10. The fraction of sp³-hybridized carbons (Fsp3) is 0.571. The highest BCUT2D eigenvalue weighted by Crippen LogP contribution is 2.28. The van der Waals surface area contributed by atoms with Gasteiger partial charge >= 0.3 is 0 Å². The molecule has 1 atom stereocenters. The van der Waals surface area contributed by atoms with Gasteiger partial charge in [-0.2, -0.15) is 0 Å². The minimum atomic E-state index is -0.731. The van der Waals surface area contributed by atoms with Gasteiger partial charge in [0.25, 0.3) is 0 Å². The summed E-state index contributed by atoms with van der Waals surface area (Å²) in [6.45, 7) is 8.80. The Kier molecular flexibility index (Phi) is 5.20. The van der Waals surface area contributed by atoms with Crippen molar-refractivity contribution in [1.82, 2.24) is 0 Å². The van der Waals surface area contributed by atoms with Crippen LogP contribution in [0.4, 0.5) is 5.69 Å².